The maximum absolute atomic E-state index is 12.3. The minimum Gasteiger partial charge on any atom is -0.483 e. The molecule has 0 saturated carbocycles. The summed E-state index contributed by atoms with van der Waals surface area (Å²) in [5, 5.41) is 11.2. The maximum atomic E-state index is 12.3. The number of non-ortho nitro benzene ring substituents is 1. The quantitative estimate of drug-likeness (QED) is 0.577. The first-order valence-electron chi connectivity index (χ1n) is 7.65. The van der Waals surface area contributed by atoms with Crippen LogP contribution in [0.15, 0.2) is 36.4 Å². The lowest BCUT2D eigenvalue weighted by Gasteiger charge is -2.19. The number of benzene rings is 2. The monoisotopic (exact) mass is 362 g/mol. The van der Waals surface area contributed by atoms with Gasteiger partial charge in [0.2, 0.25) is 0 Å². The minimum atomic E-state index is -0.494. The number of hydrogen-bond donors (Lipinski definition) is 0. The molecule has 2 aromatic rings. The third-order valence-electron chi connectivity index (χ3n) is 3.82. The van der Waals surface area contributed by atoms with Gasteiger partial charge in [0, 0.05) is 30.7 Å². The molecule has 0 aliphatic rings. The van der Waals surface area contributed by atoms with Crippen molar-refractivity contribution < 1.29 is 14.5 Å². The highest BCUT2D eigenvalue weighted by molar-refractivity contribution is 6.31. The van der Waals surface area contributed by atoms with Crippen molar-refractivity contribution in [1.29, 1.82) is 0 Å². The van der Waals surface area contributed by atoms with E-state index < -0.39 is 4.92 Å². The summed E-state index contributed by atoms with van der Waals surface area (Å²) >= 11 is 6.07. The van der Waals surface area contributed by atoms with Gasteiger partial charge in [0.1, 0.15) is 5.75 Å². The number of ether oxygens (including phenoxy) is 1. The van der Waals surface area contributed by atoms with Crippen molar-refractivity contribution in [3.8, 4) is 5.75 Å². The standard InChI is InChI=1S/C18H19ClN2O4/c1-12-5-4-6-13(2)18(12)25-11-17(22)20(3)10-14-9-15(21(23)24)7-8-16(14)19/h4-9H,10-11H2,1-3H3. The molecule has 1 amide bonds. The molecule has 0 saturated heterocycles. The summed E-state index contributed by atoms with van der Waals surface area (Å²) in [6.45, 7) is 3.88. The number of nitrogens with zero attached hydrogens (tertiary/aromatic N) is 2. The number of nitro benzene ring substituents is 1. The van der Waals surface area contributed by atoms with E-state index in [1.54, 1.807) is 7.05 Å². The molecule has 0 N–H and O–H groups in total. The number of likely N-dealkylation sites (N-methyl/N-ethyl adjacent to an activating group) is 1. The van der Waals surface area contributed by atoms with Crippen molar-refractivity contribution in [2.24, 2.45) is 0 Å². The number of hydrogen-bond acceptors (Lipinski definition) is 4. The van der Waals surface area contributed by atoms with Gasteiger partial charge in [-0.1, -0.05) is 29.8 Å². The summed E-state index contributed by atoms with van der Waals surface area (Å²) < 4.78 is 5.65. The number of amides is 1. The summed E-state index contributed by atoms with van der Waals surface area (Å²) in [6, 6.07) is 9.92. The Morgan fingerprint density at radius 1 is 1.24 bits per heavy atom. The van der Waals surface area contributed by atoms with Gasteiger partial charge < -0.3 is 9.64 Å². The van der Waals surface area contributed by atoms with Crippen LogP contribution in [0.5, 0.6) is 5.75 Å². The van der Waals surface area contributed by atoms with Crippen molar-refractivity contribution in [1.82, 2.24) is 4.90 Å². The van der Waals surface area contributed by atoms with E-state index in [1.165, 1.54) is 23.1 Å². The van der Waals surface area contributed by atoms with Crippen LogP contribution >= 0.6 is 11.6 Å². The van der Waals surface area contributed by atoms with E-state index in [0.717, 1.165) is 11.1 Å². The molecular weight excluding hydrogens is 344 g/mol. The molecular formula is C18H19ClN2O4. The lowest BCUT2D eigenvalue weighted by atomic mass is 10.1. The Balaban J connectivity index is 2.03. The Labute approximate surface area is 151 Å². The van der Waals surface area contributed by atoms with E-state index in [-0.39, 0.29) is 24.7 Å². The lowest BCUT2D eigenvalue weighted by molar-refractivity contribution is -0.384. The average molecular weight is 363 g/mol. The second-order valence-electron chi connectivity index (χ2n) is 5.79. The summed E-state index contributed by atoms with van der Waals surface area (Å²) in [5.41, 5.74) is 2.36. The molecule has 0 unspecified atom stereocenters. The molecule has 0 spiro atoms. The van der Waals surface area contributed by atoms with Gasteiger partial charge in [0.05, 0.1) is 4.92 Å². The normalized spacial score (nSPS) is 10.4. The van der Waals surface area contributed by atoms with Crippen molar-refractivity contribution in [2.45, 2.75) is 20.4 Å². The molecule has 0 aliphatic carbocycles. The molecule has 0 radical (unpaired) electrons. The van der Waals surface area contributed by atoms with Crippen molar-refractivity contribution in [3.05, 3.63) is 68.2 Å². The Bertz CT molecular complexity index is 787. The lowest BCUT2D eigenvalue weighted by Crippen LogP contribution is -2.31. The molecule has 25 heavy (non-hydrogen) atoms. The topological polar surface area (TPSA) is 72.7 Å². The number of aryl methyl sites for hydroxylation is 2. The van der Waals surface area contributed by atoms with Crippen LogP contribution in [0.3, 0.4) is 0 Å². The number of carbonyl (C=O) groups is 1. The summed E-state index contributed by atoms with van der Waals surface area (Å²) in [5.74, 6) is 0.447. The Morgan fingerprint density at radius 2 is 1.88 bits per heavy atom. The fraction of sp³-hybridized carbons (Fsp3) is 0.278. The highest BCUT2D eigenvalue weighted by Gasteiger charge is 2.16. The molecule has 0 aliphatic heterocycles. The number of nitro groups is 1. The fourth-order valence-electron chi connectivity index (χ4n) is 2.41. The van der Waals surface area contributed by atoms with Crippen LogP contribution in [0.25, 0.3) is 0 Å². The summed E-state index contributed by atoms with van der Waals surface area (Å²) in [6.07, 6.45) is 0. The highest BCUT2D eigenvalue weighted by Crippen LogP contribution is 2.24. The van der Waals surface area contributed by atoms with Crippen molar-refractivity contribution in [3.63, 3.8) is 0 Å². The molecule has 132 valence electrons. The number of rotatable bonds is 6. The van der Waals surface area contributed by atoms with Crippen LogP contribution in [0.2, 0.25) is 5.02 Å². The van der Waals surface area contributed by atoms with Crippen molar-refractivity contribution in [2.75, 3.05) is 13.7 Å². The molecule has 0 aromatic heterocycles. The Hall–Kier alpha value is -2.60. The fourth-order valence-corrected chi connectivity index (χ4v) is 2.59. The predicted octanol–water partition coefficient (Wildman–Crippen LogP) is 3.90. The van der Waals surface area contributed by atoms with E-state index >= 15 is 0 Å². The van der Waals surface area contributed by atoms with Crippen LogP contribution in [-0.2, 0) is 11.3 Å². The zero-order valence-corrected chi connectivity index (χ0v) is 15.0. The number of carbonyl (C=O) groups excluding carboxylic acids is 1. The smallest absolute Gasteiger partial charge is 0.269 e. The van der Waals surface area contributed by atoms with Gasteiger partial charge in [-0.2, -0.15) is 0 Å². The first-order chi connectivity index (χ1) is 11.8. The van der Waals surface area contributed by atoms with Gasteiger partial charge in [-0.3, -0.25) is 14.9 Å². The van der Waals surface area contributed by atoms with E-state index in [9.17, 15) is 14.9 Å². The third kappa shape index (κ3) is 4.70. The van der Waals surface area contributed by atoms with Crippen LogP contribution in [-0.4, -0.2) is 29.4 Å². The molecule has 7 heteroatoms. The summed E-state index contributed by atoms with van der Waals surface area (Å²) in [7, 11) is 1.60. The van der Waals surface area contributed by atoms with Gasteiger partial charge in [0.25, 0.3) is 11.6 Å². The van der Waals surface area contributed by atoms with E-state index in [2.05, 4.69) is 0 Å². The molecule has 6 nitrogen and oxygen atoms in total. The highest BCUT2D eigenvalue weighted by atomic mass is 35.5. The summed E-state index contributed by atoms with van der Waals surface area (Å²) in [4.78, 5) is 24.1. The van der Waals surface area contributed by atoms with Gasteiger partial charge in [-0.25, -0.2) is 0 Å². The van der Waals surface area contributed by atoms with Gasteiger partial charge in [-0.15, -0.1) is 0 Å². The molecule has 0 atom stereocenters. The third-order valence-corrected chi connectivity index (χ3v) is 4.19. The van der Waals surface area contributed by atoms with Crippen LogP contribution in [0, 0.1) is 24.0 Å². The van der Waals surface area contributed by atoms with E-state index in [0.29, 0.717) is 16.3 Å². The number of halogens is 1. The molecule has 0 fully saturated rings. The SMILES string of the molecule is Cc1cccc(C)c1OCC(=O)N(C)Cc1cc([N+](=O)[O-])ccc1Cl. The minimum absolute atomic E-state index is 0.0629. The Morgan fingerprint density at radius 3 is 2.48 bits per heavy atom. The molecule has 2 aromatic carbocycles. The van der Waals surface area contributed by atoms with Gasteiger partial charge >= 0.3 is 0 Å². The molecule has 2 rings (SSSR count). The maximum Gasteiger partial charge on any atom is 0.269 e. The first-order valence-corrected chi connectivity index (χ1v) is 8.03. The second-order valence-corrected chi connectivity index (χ2v) is 6.20. The molecule has 0 heterocycles. The van der Waals surface area contributed by atoms with Crippen LogP contribution < -0.4 is 4.74 Å². The predicted molar refractivity (Wildman–Crippen MR) is 96.0 cm³/mol. The van der Waals surface area contributed by atoms with E-state index in [1.807, 2.05) is 32.0 Å². The van der Waals surface area contributed by atoms with Gasteiger partial charge in [0.15, 0.2) is 6.61 Å². The van der Waals surface area contributed by atoms with E-state index in [4.69, 9.17) is 16.3 Å². The zero-order valence-electron chi connectivity index (χ0n) is 14.3. The second kappa shape index (κ2) is 7.98. The largest absolute Gasteiger partial charge is 0.483 e. The Kier molecular flexibility index (Phi) is 5.98. The van der Waals surface area contributed by atoms with Crippen LogP contribution in [0.1, 0.15) is 16.7 Å². The van der Waals surface area contributed by atoms with Crippen LogP contribution in [0.4, 0.5) is 5.69 Å². The average Bonchev–Trinajstić information content (AvgIpc) is 2.55. The molecule has 0 bridgehead atoms. The first kappa shape index (κ1) is 18.7. The van der Waals surface area contributed by atoms with Gasteiger partial charge in [-0.05, 0) is 36.6 Å². The van der Waals surface area contributed by atoms with Crippen molar-refractivity contribution >= 4 is 23.2 Å². The zero-order chi connectivity index (χ0) is 18.6. The number of para-hydroxylation sites is 1.